The summed E-state index contributed by atoms with van der Waals surface area (Å²) in [6.45, 7) is 5.97. The van der Waals surface area contributed by atoms with Crippen molar-refractivity contribution in [2.24, 2.45) is 0 Å². The van der Waals surface area contributed by atoms with Crippen LogP contribution in [-0.2, 0) is 6.54 Å². The minimum absolute atomic E-state index is 0.0173. The molecule has 0 spiro atoms. The number of anilines is 1. The number of nitrogens with zero attached hydrogens (tertiary/aromatic N) is 5. The van der Waals surface area contributed by atoms with Crippen LogP contribution in [0.4, 0.5) is 5.82 Å². The first-order chi connectivity index (χ1) is 15.9. The van der Waals surface area contributed by atoms with E-state index in [1.54, 1.807) is 18.0 Å². The van der Waals surface area contributed by atoms with Crippen LogP contribution in [0.25, 0.3) is 17.1 Å². The van der Waals surface area contributed by atoms with Crippen molar-refractivity contribution >= 4 is 11.7 Å². The summed E-state index contributed by atoms with van der Waals surface area (Å²) in [5, 5.41) is 7.22. The molecule has 3 heterocycles. The second-order valence-corrected chi connectivity index (χ2v) is 7.65. The average Bonchev–Trinajstić information content (AvgIpc) is 3.22. The predicted octanol–water partition coefficient (Wildman–Crippen LogP) is 3.17. The number of amides is 1. The Morgan fingerprint density at radius 1 is 1.06 bits per heavy atom. The number of carbonyl (C=O) groups excluding carboxylic acids is 1. The second-order valence-electron chi connectivity index (χ2n) is 7.65. The minimum atomic E-state index is -0.432. The number of benzene rings is 1. The van der Waals surface area contributed by atoms with Gasteiger partial charge in [0.05, 0.1) is 7.11 Å². The fourth-order valence-corrected chi connectivity index (χ4v) is 3.62. The molecule has 0 aliphatic heterocycles. The molecule has 1 amide bonds. The molecule has 3 aromatic heterocycles. The van der Waals surface area contributed by atoms with Crippen LogP contribution < -0.4 is 15.8 Å². The van der Waals surface area contributed by atoms with E-state index < -0.39 is 5.91 Å². The fourth-order valence-electron chi connectivity index (χ4n) is 3.62. The molecule has 0 aliphatic rings. The van der Waals surface area contributed by atoms with Crippen molar-refractivity contribution < 1.29 is 9.53 Å². The molecular formula is C24H25N7O2. The molecule has 33 heavy (non-hydrogen) atoms. The van der Waals surface area contributed by atoms with Gasteiger partial charge in [0.2, 0.25) is 0 Å². The first-order valence-corrected chi connectivity index (χ1v) is 10.4. The van der Waals surface area contributed by atoms with Crippen LogP contribution in [-0.4, -0.2) is 37.7 Å². The standard InChI is InChI=1S/C24H25N7O2/c1-14-11-18(12-15(2)28-14)20-23(31-16(3)9-10-27-31)30-22(25)21(29-20)24(32)26-13-17-7-5-6-8-19(17)33-4/h5-12H,13H2,1-4H3,(H2,25,30)(H,26,32). The summed E-state index contributed by atoms with van der Waals surface area (Å²) in [6, 6.07) is 13.1. The maximum absolute atomic E-state index is 13.1. The van der Waals surface area contributed by atoms with Gasteiger partial charge in [0, 0.05) is 41.0 Å². The number of ether oxygens (including phenoxy) is 1. The Hall–Kier alpha value is -4.27. The van der Waals surface area contributed by atoms with Gasteiger partial charge < -0.3 is 15.8 Å². The molecule has 9 heteroatoms. The molecule has 4 aromatic rings. The number of methoxy groups -OCH3 is 1. The van der Waals surface area contributed by atoms with E-state index in [9.17, 15) is 4.79 Å². The number of nitrogens with one attached hydrogen (secondary N) is 1. The first kappa shape index (κ1) is 21.9. The van der Waals surface area contributed by atoms with Crippen LogP contribution in [0.1, 0.15) is 33.1 Å². The van der Waals surface area contributed by atoms with E-state index in [0.29, 0.717) is 17.3 Å². The lowest BCUT2D eigenvalue weighted by Gasteiger charge is -2.15. The third-order valence-electron chi connectivity index (χ3n) is 5.14. The van der Waals surface area contributed by atoms with Gasteiger partial charge in [-0.25, -0.2) is 14.6 Å². The topological polar surface area (TPSA) is 121 Å². The minimum Gasteiger partial charge on any atom is -0.496 e. The number of aryl methyl sites for hydroxylation is 3. The Labute approximate surface area is 191 Å². The van der Waals surface area contributed by atoms with Crippen LogP contribution in [0.3, 0.4) is 0 Å². The maximum Gasteiger partial charge on any atom is 0.274 e. The SMILES string of the molecule is COc1ccccc1CNC(=O)c1nc(-c2cc(C)nc(C)c2)c(-n2nccc2C)nc1N. The molecule has 0 saturated heterocycles. The molecule has 0 radical (unpaired) electrons. The normalized spacial score (nSPS) is 10.8. The molecule has 3 N–H and O–H groups in total. The Bertz CT molecular complexity index is 1310. The summed E-state index contributed by atoms with van der Waals surface area (Å²) < 4.78 is 7.01. The summed E-state index contributed by atoms with van der Waals surface area (Å²) in [5.74, 6) is 0.716. The van der Waals surface area contributed by atoms with Crippen molar-refractivity contribution in [1.82, 2.24) is 30.0 Å². The van der Waals surface area contributed by atoms with E-state index in [-0.39, 0.29) is 18.1 Å². The van der Waals surface area contributed by atoms with Gasteiger partial charge in [0.15, 0.2) is 17.3 Å². The second kappa shape index (κ2) is 9.07. The van der Waals surface area contributed by atoms with Crippen LogP contribution in [0.5, 0.6) is 5.75 Å². The summed E-state index contributed by atoms with van der Waals surface area (Å²) >= 11 is 0. The Morgan fingerprint density at radius 3 is 2.45 bits per heavy atom. The molecule has 0 unspecified atom stereocenters. The number of nitrogens with two attached hydrogens (primary N) is 1. The van der Waals surface area contributed by atoms with Crippen molar-refractivity contribution in [1.29, 1.82) is 0 Å². The lowest BCUT2D eigenvalue weighted by atomic mass is 10.1. The molecule has 0 fully saturated rings. The quantitative estimate of drug-likeness (QED) is 0.469. The average molecular weight is 444 g/mol. The number of hydrogen-bond acceptors (Lipinski definition) is 7. The highest BCUT2D eigenvalue weighted by atomic mass is 16.5. The fraction of sp³-hybridized carbons (Fsp3) is 0.208. The van der Waals surface area contributed by atoms with E-state index in [2.05, 4.69) is 25.4 Å². The van der Waals surface area contributed by atoms with E-state index in [4.69, 9.17) is 10.5 Å². The first-order valence-electron chi connectivity index (χ1n) is 10.4. The highest BCUT2D eigenvalue weighted by Gasteiger charge is 2.21. The van der Waals surface area contributed by atoms with Gasteiger partial charge in [0.1, 0.15) is 11.4 Å². The largest absolute Gasteiger partial charge is 0.496 e. The molecule has 0 saturated carbocycles. The number of hydrogen-bond donors (Lipinski definition) is 2. The summed E-state index contributed by atoms with van der Waals surface area (Å²) in [6.07, 6.45) is 1.67. The molecular weight excluding hydrogens is 418 g/mol. The van der Waals surface area contributed by atoms with Crippen LogP contribution in [0, 0.1) is 20.8 Å². The van der Waals surface area contributed by atoms with Crippen molar-refractivity contribution in [3.8, 4) is 22.8 Å². The van der Waals surface area contributed by atoms with Gasteiger partial charge in [0.25, 0.3) is 5.91 Å². The van der Waals surface area contributed by atoms with E-state index in [0.717, 1.165) is 28.2 Å². The third-order valence-corrected chi connectivity index (χ3v) is 5.14. The molecule has 0 atom stereocenters. The van der Waals surface area contributed by atoms with E-state index >= 15 is 0 Å². The maximum atomic E-state index is 13.1. The monoisotopic (exact) mass is 443 g/mol. The number of pyridine rings is 1. The lowest BCUT2D eigenvalue weighted by molar-refractivity contribution is 0.0946. The number of aromatic nitrogens is 5. The zero-order valence-corrected chi connectivity index (χ0v) is 19.0. The Kier molecular flexibility index (Phi) is 6.03. The molecule has 4 rings (SSSR count). The van der Waals surface area contributed by atoms with Crippen LogP contribution >= 0.6 is 0 Å². The van der Waals surface area contributed by atoms with E-state index in [1.165, 1.54) is 0 Å². The van der Waals surface area contributed by atoms with Crippen LogP contribution in [0.15, 0.2) is 48.7 Å². The van der Waals surface area contributed by atoms with Crippen LogP contribution in [0.2, 0.25) is 0 Å². The number of carbonyl (C=O) groups is 1. The predicted molar refractivity (Wildman–Crippen MR) is 125 cm³/mol. The molecule has 168 valence electrons. The molecule has 0 aliphatic carbocycles. The molecule has 0 bridgehead atoms. The van der Waals surface area contributed by atoms with Gasteiger partial charge >= 0.3 is 0 Å². The zero-order valence-electron chi connectivity index (χ0n) is 19.0. The van der Waals surface area contributed by atoms with Crippen molar-refractivity contribution in [3.63, 3.8) is 0 Å². The van der Waals surface area contributed by atoms with Gasteiger partial charge in [-0.15, -0.1) is 0 Å². The molecule has 9 nitrogen and oxygen atoms in total. The summed E-state index contributed by atoms with van der Waals surface area (Å²) in [4.78, 5) is 26.7. The Morgan fingerprint density at radius 2 is 1.79 bits per heavy atom. The number of rotatable bonds is 6. The third kappa shape index (κ3) is 4.52. The highest BCUT2D eigenvalue weighted by Crippen LogP contribution is 2.27. The van der Waals surface area contributed by atoms with Crippen molar-refractivity contribution in [2.45, 2.75) is 27.3 Å². The van der Waals surface area contributed by atoms with Gasteiger partial charge in [-0.1, -0.05) is 18.2 Å². The van der Waals surface area contributed by atoms with Crippen molar-refractivity contribution in [3.05, 3.63) is 77.0 Å². The van der Waals surface area contributed by atoms with Gasteiger partial charge in [-0.3, -0.25) is 9.78 Å². The zero-order chi connectivity index (χ0) is 23.5. The Balaban J connectivity index is 1.76. The number of nitrogen functional groups attached to an aromatic ring is 1. The lowest BCUT2D eigenvalue weighted by Crippen LogP contribution is -2.26. The smallest absolute Gasteiger partial charge is 0.274 e. The van der Waals surface area contributed by atoms with Crippen molar-refractivity contribution in [2.75, 3.05) is 12.8 Å². The molecule has 1 aromatic carbocycles. The summed E-state index contributed by atoms with van der Waals surface area (Å²) in [5.41, 5.74) is 10.9. The summed E-state index contributed by atoms with van der Waals surface area (Å²) in [7, 11) is 1.59. The van der Waals surface area contributed by atoms with E-state index in [1.807, 2.05) is 63.2 Å². The number of para-hydroxylation sites is 1. The van der Waals surface area contributed by atoms with Gasteiger partial charge in [-0.05, 0) is 45.0 Å². The highest BCUT2D eigenvalue weighted by molar-refractivity contribution is 5.97. The van der Waals surface area contributed by atoms with Gasteiger partial charge in [-0.2, -0.15) is 5.10 Å².